The van der Waals surface area contributed by atoms with Gasteiger partial charge in [0.2, 0.25) is 0 Å². The predicted octanol–water partition coefficient (Wildman–Crippen LogP) is 3.54. The van der Waals surface area contributed by atoms with Gasteiger partial charge < -0.3 is 15.2 Å². The van der Waals surface area contributed by atoms with Crippen molar-refractivity contribution < 1.29 is 9.59 Å². The molecule has 0 aliphatic carbocycles. The van der Waals surface area contributed by atoms with Crippen LogP contribution in [0.15, 0.2) is 12.1 Å². The Bertz CT molecular complexity index is 873. The highest BCUT2D eigenvalue weighted by Gasteiger charge is 2.28. The normalized spacial score (nSPS) is 13.4. The fraction of sp³-hybridized carbons (Fsp3) is 0.476. The first-order valence-corrected chi connectivity index (χ1v) is 9.57. The molecule has 0 atom stereocenters. The Balaban J connectivity index is 1.96. The lowest BCUT2D eigenvalue weighted by Gasteiger charge is -2.18. The summed E-state index contributed by atoms with van der Waals surface area (Å²) in [5.41, 5.74) is 5.24. The number of fused-ring (bicyclic) bond motifs is 1. The molecule has 1 aliphatic heterocycles. The van der Waals surface area contributed by atoms with Crippen molar-refractivity contribution in [3.8, 4) is 0 Å². The van der Waals surface area contributed by atoms with Crippen LogP contribution in [0.3, 0.4) is 0 Å². The van der Waals surface area contributed by atoms with Crippen molar-refractivity contribution in [3.63, 3.8) is 0 Å². The molecule has 2 heterocycles. The number of nitrogens with one attached hydrogen (secondary N) is 2. The quantitative estimate of drug-likeness (QED) is 0.867. The molecule has 27 heavy (non-hydrogen) atoms. The summed E-state index contributed by atoms with van der Waals surface area (Å²) in [5.74, 6) is -0.143. The molecule has 3 rings (SSSR count). The number of carbonyl (C=O) groups is 2. The van der Waals surface area contributed by atoms with Crippen LogP contribution in [0, 0.1) is 20.8 Å². The molecule has 0 fully saturated rings. The predicted molar refractivity (Wildman–Crippen MR) is 106 cm³/mol. The van der Waals surface area contributed by atoms with Crippen LogP contribution >= 0.6 is 0 Å². The minimum atomic E-state index is -0.251. The third-order valence-electron chi connectivity index (χ3n) is 4.87. The van der Waals surface area contributed by atoms with Crippen molar-refractivity contribution in [1.82, 2.24) is 14.9 Å². The van der Waals surface area contributed by atoms with Crippen LogP contribution in [0.25, 0.3) is 0 Å². The average molecular weight is 368 g/mol. The summed E-state index contributed by atoms with van der Waals surface area (Å²) in [7, 11) is 0. The Morgan fingerprint density at radius 2 is 1.74 bits per heavy atom. The van der Waals surface area contributed by atoms with E-state index in [1.807, 2.05) is 51.3 Å². The lowest BCUT2D eigenvalue weighted by atomic mass is 10.0. The molecule has 2 N–H and O–H groups in total. The van der Waals surface area contributed by atoms with E-state index in [9.17, 15) is 9.59 Å². The summed E-state index contributed by atoms with van der Waals surface area (Å²) in [5, 5.41) is 5.90. The van der Waals surface area contributed by atoms with Crippen molar-refractivity contribution in [1.29, 1.82) is 0 Å². The molecular formula is C21H28N4O2. The van der Waals surface area contributed by atoms with Crippen LogP contribution < -0.4 is 10.6 Å². The molecule has 1 aromatic carbocycles. The molecule has 0 saturated heterocycles. The fourth-order valence-corrected chi connectivity index (χ4v) is 3.77. The van der Waals surface area contributed by atoms with Gasteiger partial charge in [0.15, 0.2) is 11.5 Å². The zero-order valence-electron chi connectivity index (χ0n) is 16.8. The van der Waals surface area contributed by atoms with Crippen molar-refractivity contribution in [3.05, 3.63) is 46.0 Å². The van der Waals surface area contributed by atoms with Gasteiger partial charge in [0.1, 0.15) is 0 Å². The molecule has 6 heteroatoms. The number of amides is 2. The van der Waals surface area contributed by atoms with Gasteiger partial charge in [-0.1, -0.05) is 17.7 Å². The van der Waals surface area contributed by atoms with Crippen LogP contribution in [-0.4, -0.2) is 27.4 Å². The number of hydrogen-bond acceptors (Lipinski definition) is 3. The molecular weight excluding hydrogens is 340 g/mol. The first-order chi connectivity index (χ1) is 12.8. The molecule has 0 radical (unpaired) electrons. The molecule has 144 valence electrons. The second-order valence-electron chi connectivity index (χ2n) is 7.70. The van der Waals surface area contributed by atoms with Gasteiger partial charge >= 0.3 is 0 Å². The Morgan fingerprint density at radius 1 is 1.07 bits per heavy atom. The minimum Gasteiger partial charge on any atom is -0.347 e. The number of carbonyl (C=O) groups excluding carboxylic acids is 2. The number of nitrogens with zero attached hydrogens (tertiary/aromatic N) is 2. The maximum Gasteiger partial charge on any atom is 0.287 e. The SMILES string of the molecule is Cc1cc(C)c(NC(=O)c2nc(C(=O)NC(C)C)n3c2CCCC3)c(C)c1. The Labute approximate surface area is 160 Å². The molecule has 2 aromatic rings. The molecule has 6 nitrogen and oxygen atoms in total. The highest BCUT2D eigenvalue weighted by Crippen LogP contribution is 2.25. The van der Waals surface area contributed by atoms with Crippen LogP contribution in [0.5, 0.6) is 0 Å². The van der Waals surface area contributed by atoms with Crippen LogP contribution in [0.2, 0.25) is 0 Å². The first kappa shape index (κ1) is 19.1. The van der Waals surface area contributed by atoms with Crippen molar-refractivity contribution >= 4 is 17.5 Å². The summed E-state index contributed by atoms with van der Waals surface area (Å²) in [6.45, 7) is 10.6. The number of aromatic nitrogens is 2. The van der Waals surface area contributed by atoms with E-state index in [1.54, 1.807) is 0 Å². The monoisotopic (exact) mass is 368 g/mol. The van der Waals surface area contributed by atoms with E-state index in [1.165, 1.54) is 0 Å². The van der Waals surface area contributed by atoms with Crippen LogP contribution in [-0.2, 0) is 13.0 Å². The van der Waals surface area contributed by atoms with E-state index >= 15 is 0 Å². The van der Waals surface area contributed by atoms with Gasteiger partial charge in [0, 0.05) is 18.3 Å². The van der Waals surface area contributed by atoms with Gasteiger partial charge in [0.05, 0.1) is 5.69 Å². The maximum absolute atomic E-state index is 13.0. The van der Waals surface area contributed by atoms with Crippen molar-refractivity contribution in [2.45, 2.75) is 66.5 Å². The number of benzene rings is 1. The Hall–Kier alpha value is -2.63. The summed E-state index contributed by atoms with van der Waals surface area (Å²) < 4.78 is 1.91. The topological polar surface area (TPSA) is 76.0 Å². The van der Waals surface area contributed by atoms with Gasteiger partial charge in [-0.25, -0.2) is 4.98 Å². The zero-order valence-corrected chi connectivity index (χ0v) is 16.8. The number of rotatable bonds is 4. The molecule has 0 unspecified atom stereocenters. The van der Waals surface area contributed by atoms with E-state index < -0.39 is 0 Å². The van der Waals surface area contributed by atoms with Gasteiger partial charge in [-0.05, 0) is 65.0 Å². The standard InChI is InChI=1S/C21H28N4O2/c1-12(2)22-21(27)19-23-18(16-8-6-7-9-25(16)19)20(26)24-17-14(4)10-13(3)11-15(17)5/h10-12H,6-9H2,1-5H3,(H,22,27)(H,24,26). The van der Waals surface area contributed by atoms with Gasteiger partial charge in [-0.15, -0.1) is 0 Å². The first-order valence-electron chi connectivity index (χ1n) is 9.57. The van der Waals surface area contributed by atoms with Crippen LogP contribution in [0.4, 0.5) is 5.69 Å². The molecule has 0 saturated carbocycles. The summed E-state index contributed by atoms with van der Waals surface area (Å²) in [6.07, 6.45) is 2.75. The lowest BCUT2D eigenvalue weighted by molar-refractivity contribution is 0.0927. The Kier molecular flexibility index (Phi) is 5.35. The molecule has 0 bridgehead atoms. The van der Waals surface area contributed by atoms with E-state index in [0.717, 1.165) is 53.9 Å². The third kappa shape index (κ3) is 3.89. The second kappa shape index (κ2) is 7.55. The number of hydrogen-bond donors (Lipinski definition) is 2. The molecule has 2 amide bonds. The van der Waals surface area contributed by atoms with Gasteiger partial charge in [-0.2, -0.15) is 0 Å². The third-order valence-corrected chi connectivity index (χ3v) is 4.87. The number of imidazole rings is 1. The zero-order chi connectivity index (χ0) is 19.7. The smallest absolute Gasteiger partial charge is 0.287 e. The van der Waals surface area contributed by atoms with E-state index in [4.69, 9.17) is 0 Å². The van der Waals surface area contributed by atoms with Crippen molar-refractivity contribution in [2.24, 2.45) is 0 Å². The number of anilines is 1. The highest BCUT2D eigenvalue weighted by atomic mass is 16.2. The molecule has 1 aromatic heterocycles. The highest BCUT2D eigenvalue weighted by molar-refractivity contribution is 6.05. The molecule has 1 aliphatic rings. The summed E-state index contributed by atoms with van der Waals surface area (Å²) in [6, 6.07) is 4.11. The largest absolute Gasteiger partial charge is 0.347 e. The average Bonchev–Trinajstić information content (AvgIpc) is 2.97. The Morgan fingerprint density at radius 3 is 2.37 bits per heavy atom. The maximum atomic E-state index is 13.0. The van der Waals surface area contributed by atoms with E-state index in [-0.39, 0.29) is 17.9 Å². The fourth-order valence-electron chi connectivity index (χ4n) is 3.77. The second-order valence-corrected chi connectivity index (χ2v) is 7.70. The summed E-state index contributed by atoms with van der Waals surface area (Å²) in [4.78, 5) is 30.0. The molecule has 0 spiro atoms. The van der Waals surface area contributed by atoms with E-state index in [2.05, 4.69) is 15.6 Å². The number of aryl methyl sites for hydroxylation is 3. The van der Waals surface area contributed by atoms with E-state index in [0.29, 0.717) is 11.5 Å². The lowest BCUT2D eigenvalue weighted by Crippen LogP contribution is -2.33. The van der Waals surface area contributed by atoms with Gasteiger partial charge in [-0.3, -0.25) is 9.59 Å². The van der Waals surface area contributed by atoms with Gasteiger partial charge in [0.25, 0.3) is 11.8 Å². The van der Waals surface area contributed by atoms with Crippen LogP contribution in [0.1, 0.15) is 70.2 Å². The summed E-state index contributed by atoms with van der Waals surface area (Å²) >= 11 is 0. The minimum absolute atomic E-state index is 0.0178. The van der Waals surface area contributed by atoms with Crippen molar-refractivity contribution in [2.75, 3.05) is 5.32 Å².